The van der Waals surface area contributed by atoms with Gasteiger partial charge >= 0.3 is 269 Å². The van der Waals surface area contributed by atoms with Gasteiger partial charge in [0, 0.05) is 14.1 Å². The molecule has 2 amide bonds. The van der Waals surface area contributed by atoms with Gasteiger partial charge in [0.05, 0.1) is 0 Å². The number of nitrogens with zero attached hydrogens (tertiary/aromatic N) is 5. The number of ether oxygens (including phenoxy) is 1. The van der Waals surface area contributed by atoms with Crippen LogP contribution in [0.2, 0.25) is 0 Å². The standard InChI is InChI=1S/C36H45IN5O5S/c1-38(2)48(45,46)40(4)34(43)23-11-14-27-30(17-23)41-21-36(35(44)42-24-12-16-31(42)37-39(3)20-24)19-29(36)28-18-25(47-5)13-15-26(28)33(41)32(27)22-9-7-6-8-10-22/h11,13-15,17-18,22,24,29,31H,6-10,12,16,19-21H2,1-5H3/q-1. The Hall–Kier alpha value is -2.68. The number of rotatable bonds is 6. The predicted octanol–water partition coefficient (Wildman–Crippen LogP) is 2.00. The van der Waals surface area contributed by atoms with Crippen LogP contribution in [-0.2, 0) is 21.5 Å². The molecule has 48 heavy (non-hydrogen) atoms. The van der Waals surface area contributed by atoms with Gasteiger partial charge < -0.3 is 0 Å². The molecule has 3 aliphatic heterocycles. The molecule has 4 unspecified atom stereocenters. The molecule has 2 saturated carbocycles. The predicted molar refractivity (Wildman–Crippen MR) is 181 cm³/mol. The Kier molecular flexibility index (Phi) is 7.93. The number of aromatic nitrogens is 1. The summed E-state index contributed by atoms with van der Waals surface area (Å²) in [5.74, 6) is 0.966. The van der Waals surface area contributed by atoms with Crippen LogP contribution in [0.15, 0.2) is 36.4 Å². The summed E-state index contributed by atoms with van der Waals surface area (Å²) in [6, 6.07) is 12.3. The number of likely N-dealkylation sites (N-methyl/N-ethyl adjacent to an activating group) is 1. The Bertz CT molecular complexity index is 1920. The van der Waals surface area contributed by atoms with E-state index in [1.54, 1.807) is 13.2 Å². The third kappa shape index (κ3) is 4.86. The van der Waals surface area contributed by atoms with E-state index in [9.17, 15) is 13.2 Å². The molecular formula is C36H45IN5O5S-. The van der Waals surface area contributed by atoms with Gasteiger partial charge in [-0.05, 0) is 0 Å². The number of carbonyl (C=O) groups is 2. The number of alkyl halides is 1. The molecule has 258 valence electrons. The van der Waals surface area contributed by atoms with E-state index in [1.165, 1.54) is 51.5 Å². The van der Waals surface area contributed by atoms with Gasteiger partial charge in [-0.25, -0.2) is 0 Å². The Labute approximate surface area is 294 Å². The number of amides is 2. The summed E-state index contributed by atoms with van der Waals surface area (Å²) in [6.07, 6.45) is 8.75. The first-order valence-corrected chi connectivity index (χ1v) is 20.8. The van der Waals surface area contributed by atoms with Crippen LogP contribution in [0.4, 0.5) is 0 Å². The van der Waals surface area contributed by atoms with E-state index >= 15 is 4.79 Å². The Morgan fingerprint density at radius 3 is 2.48 bits per heavy atom. The topological polar surface area (TPSA) is 95.4 Å². The van der Waals surface area contributed by atoms with Crippen molar-refractivity contribution < 1.29 is 44.2 Å². The van der Waals surface area contributed by atoms with Crippen LogP contribution >= 0.6 is 0 Å². The van der Waals surface area contributed by atoms with Gasteiger partial charge in [0.2, 0.25) is 0 Å². The average Bonchev–Trinajstić information content (AvgIpc) is 3.67. The molecular weight excluding hydrogens is 741 g/mol. The van der Waals surface area contributed by atoms with E-state index in [4.69, 9.17) is 4.74 Å². The second-order valence-electron chi connectivity index (χ2n) is 14.6. The van der Waals surface area contributed by atoms with Gasteiger partial charge in [0.1, 0.15) is 0 Å². The third-order valence-electron chi connectivity index (χ3n) is 11.7. The summed E-state index contributed by atoms with van der Waals surface area (Å²) >= 11 is -0.245. The number of benzene rings is 2. The normalized spacial score (nSPS) is 27.1. The molecule has 10 nitrogen and oxygen atoms in total. The number of hydrogen-bond acceptors (Lipinski definition) is 6. The molecule has 2 bridgehead atoms. The monoisotopic (exact) mass is 786 g/mol. The summed E-state index contributed by atoms with van der Waals surface area (Å²) in [5, 5.41) is 1.10. The first kappa shape index (κ1) is 32.5. The number of methoxy groups -OCH3 is 1. The summed E-state index contributed by atoms with van der Waals surface area (Å²) < 4.78 is 38.7. The molecule has 1 aromatic heterocycles. The van der Waals surface area contributed by atoms with Crippen molar-refractivity contribution in [3.05, 3.63) is 53.1 Å². The Morgan fingerprint density at radius 2 is 1.77 bits per heavy atom. The third-order valence-corrected chi connectivity index (χ3v) is 16.7. The summed E-state index contributed by atoms with van der Waals surface area (Å²) in [4.78, 5) is 31.1. The van der Waals surface area contributed by atoms with Crippen LogP contribution in [0.5, 0.6) is 5.75 Å². The molecule has 8 rings (SSSR count). The zero-order chi connectivity index (χ0) is 33.7. The van der Waals surface area contributed by atoms with Crippen molar-refractivity contribution in [2.45, 2.75) is 79.8 Å². The van der Waals surface area contributed by atoms with Crippen molar-refractivity contribution in [1.29, 1.82) is 0 Å². The van der Waals surface area contributed by atoms with E-state index in [-0.39, 0.29) is 33.4 Å². The molecule has 4 fully saturated rings. The molecule has 4 atom stereocenters. The van der Waals surface area contributed by atoms with E-state index in [1.807, 2.05) is 18.2 Å². The van der Waals surface area contributed by atoms with Crippen LogP contribution in [0, 0.1) is 5.41 Å². The van der Waals surface area contributed by atoms with Crippen LogP contribution in [0.25, 0.3) is 22.2 Å². The maximum absolute atomic E-state index is 15.0. The van der Waals surface area contributed by atoms with Crippen LogP contribution < -0.4 is 26.2 Å². The fourth-order valence-corrected chi connectivity index (χ4v) is 13.3. The van der Waals surface area contributed by atoms with Crippen molar-refractivity contribution >= 4 is 32.9 Å². The molecule has 4 heterocycles. The number of carbonyl (C=O) groups excluding carboxylic acids is 2. The van der Waals surface area contributed by atoms with E-state index in [0.29, 0.717) is 28.0 Å². The van der Waals surface area contributed by atoms with Crippen LogP contribution in [-0.4, -0.2) is 93.4 Å². The summed E-state index contributed by atoms with van der Waals surface area (Å²) in [6.45, 7) is 1.50. The molecule has 2 aliphatic carbocycles. The van der Waals surface area contributed by atoms with Gasteiger partial charge in [-0.2, -0.15) is 12.7 Å². The van der Waals surface area contributed by atoms with Crippen molar-refractivity contribution in [1.82, 2.24) is 21.2 Å². The van der Waals surface area contributed by atoms with Gasteiger partial charge in [0.15, 0.2) is 0 Å². The Balaban J connectivity index is 1.33. The minimum atomic E-state index is -3.96. The molecule has 3 aromatic rings. The second-order valence-corrected chi connectivity index (χ2v) is 20.4. The fourth-order valence-electron chi connectivity index (χ4n) is 9.13. The maximum atomic E-state index is 15.0. The molecule has 2 saturated heterocycles. The van der Waals surface area contributed by atoms with Crippen molar-refractivity contribution in [2.24, 2.45) is 5.41 Å². The van der Waals surface area contributed by atoms with Crippen LogP contribution in [0.3, 0.4) is 0 Å². The van der Waals surface area contributed by atoms with E-state index in [2.05, 4.69) is 31.8 Å². The average molecular weight is 787 g/mol. The first-order chi connectivity index (χ1) is 23.0. The number of hydrogen-bond donors (Lipinski definition) is 0. The van der Waals surface area contributed by atoms with Crippen molar-refractivity contribution in [3.8, 4) is 17.0 Å². The zero-order valence-corrected chi connectivity index (χ0v) is 31.4. The molecule has 5 aliphatic rings. The minimum absolute atomic E-state index is 0.0858. The van der Waals surface area contributed by atoms with Gasteiger partial charge in [0.25, 0.3) is 0 Å². The van der Waals surface area contributed by atoms with Gasteiger partial charge in [-0.15, -0.1) is 0 Å². The number of fused-ring (bicyclic) bond motifs is 9. The quantitative estimate of drug-likeness (QED) is 0.165. The van der Waals surface area contributed by atoms with Crippen molar-refractivity contribution in [2.75, 3.05) is 41.8 Å². The molecule has 12 heteroatoms. The SMILES string of the molecule is COc1ccc2c(c1)C1CC1(C(=O)N1C3CCC1[I-]N(C)C3)Cn1c-2c(C2CCCCC2)c2ccc(C(=O)N(C)S(=O)(=O)N(C)C)cc21. The first-order valence-electron chi connectivity index (χ1n) is 17.2. The summed E-state index contributed by atoms with van der Waals surface area (Å²) in [7, 11) is 4.11. The summed E-state index contributed by atoms with van der Waals surface area (Å²) in [5.41, 5.74) is 5.44. The molecule has 0 radical (unpaired) electrons. The van der Waals surface area contributed by atoms with Crippen LogP contribution in [0.1, 0.15) is 84.7 Å². The number of halogens is 1. The molecule has 0 spiro atoms. The van der Waals surface area contributed by atoms with Gasteiger partial charge in [-0.1, -0.05) is 0 Å². The Morgan fingerprint density at radius 1 is 1.00 bits per heavy atom. The van der Waals surface area contributed by atoms with Crippen molar-refractivity contribution in [3.63, 3.8) is 0 Å². The van der Waals surface area contributed by atoms with E-state index < -0.39 is 21.5 Å². The zero-order valence-electron chi connectivity index (χ0n) is 28.4. The van der Waals surface area contributed by atoms with E-state index in [0.717, 1.165) is 75.2 Å². The molecule has 2 aromatic carbocycles. The second kappa shape index (κ2) is 11.7. The molecule has 0 N–H and O–H groups in total. The van der Waals surface area contributed by atoms with Gasteiger partial charge in [-0.3, -0.25) is 0 Å². The fraction of sp³-hybridized carbons (Fsp3) is 0.556.